The van der Waals surface area contributed by atoms with E-state index in [0.717, 1.165) is 25.7 Å². The average Bonchev–Trinajstić information content (AvgIpc) is 3.05. The summed E-state index contributed by atoms with van der Waals surface area (Å²) in [5.74, 6) is 0.774. The fourth-order valence-corrected chi connectivity index (χ4v) is 5.30. The number of carbonyl (C=O) groups excluding carboxylic acids is 1. The van der Waals surface area contributed by atoms with E-state index in [1.807, 2.05) is 12.2 Å². The fraction of sp³-hybridized carbons (Fsp3) is 0.773. The third-order valence-corrected chi connectivity index (χ3v) is 6.89. The van der Waals surface area contributed by atoms with Gasteiger partial charge in [0.15, 0.2) is 0 Å². The molecule has 3 aliphatic rings. The van der Waals surface area contributed by atoms with Crippen LogP contribution in [-0.2, 0) is 14.3 Å². The van der Waals surface area contributed by atoms with Crippen molar-refractivity contribution < 1.29 is 19.4 Å². The van der Waals surface area contributed by atoms with Crippen LogP contribution in [0.3, 0.4) is 0 Å². The van der Waals surface area contributed by atoms with Crippen LogP contribution in [0.2, 0.25) is 0 Å². The van der Waals surface area contributed by atoms with Gasteiger partial charge >= 0.3 is 5.97 Å². The number of hydrogen-bond acceptors (Lipinski definition) is 4. The number of aliphatic hydroxyl groups is 1. The summed E-state index contributed by atoms with van der Waals surface area (Å²) in [5, 5.41) is 9.86. The highest BCUT2D eigenvalue weighted by Gasteiger charge is 2.67. The Morgan fingerprint density at radius 1 is 1.23 bits per heavy atom. The summed E-state index contributed by atoms with van der Waals surface area (Å²) in [6.45, 7) is 11.7. The summed E-state index contributed by atoms with van der Waals surface area (Å²) < 4.78 is 11.8. The Labute approximate surface area is 157 Å². The minimum absolute atomic E-state index is 0.0374. The van der Waals surface area contributed by atoms with Crippen LogP contribution in [0.1, 0.15) is 67.2 Å². The molecule has 3 fully saturated rings. The molecule has 0 bridgehead atoms. The number of hydrogen-bond donors (Lipinski definition) is 1. The Morgan fingerprint density at radius 3 is 2.54 bits per heavy atom. The lowest BCUT2D eigenvalue weighted by atomic mass is 9.70. The fourth-order valence-electron chi connectivity index (χ4n) is 5.30. The van der Waals surface area contributed by atoms with E-state index in [4.69, 9.17) is 9.47 Å². The zero-order chi connectivity index (χ0) is 19.3. The van der Waals surface area contributed by atoms with Crippen molar-refractivity contribution in [3.63, 3.8) is 0 Å². The minimum Gasteiger partial charge on any atom is -0.459 e. The Balaban J connectivity index is 1.84. The lowest BCUT2D eigenvalue weighted by Gasteiger charge is -2.38. The van der Waals surface area contributed by atoms with Crippen molar-refractivity contribution in [2.75, 3.05) is 0 Å². The van der Waals surface area contributed by atoms with E-state index in [-0.39, 0.29) is 29.2 Å². The Bertz CT molecular complexity index is 629. The van der Waals surface area contributed by atoms with Gasteiger partial charge in [0.2, 0.25) is 0 Å². The summed E-state index contributed by atoms with van der Waals surface area (Å²) in [4.78, 5) is 11.8. The van der Waals surface area contributed by atoms with Gasteiger partial charge in [-0.2, -0.15) is 0 Å². The largest absolute Gasteiger partial charge is 0.459 e. The molecule has 4 nitrogen and oxygen atoms in total. The van der Waals surface area contributed by atoms with E-state index in [1.54, 1.807) is 13.8 Å². The normalized spacial score (nSPS) is 43.0. The zero-order valence-electron chi connectivity index (χ0n) is 17.0. The van der Waals surface area contributed by atoms with Gasteiger partial charge in [-0.1, -0.05) is 30.7 Å². The van der Waals surface area contributed by atoms with E-state index in [2.05, 4.69) is 26.8 Å². The van der Waals surface area contributed by atoms with E-state index in [1.165, 1.54) is 12.5 Å². The lowest BCUT2D eigenvalue weighted by Crippen LogP contribution is -2.43. The van der Waals surface area contributed by atoms with Gasteiger partial charge in [-0.05, 0) is 65.2 Å². The second-order valence-electron chi connectivity index (χ2n) is 9.60. The summed E-state index contributed by atoms with van der Waals surface area (Å²) in [6.07, 6.45) is 10.1. The van der Waals surface area contributed by atoms with E-state index in [9.17, 15) is 9.90 Å². The summed E-state index contributed by atoms with van der Waals surface area (Å²) in [6, 6.07) is 0. The molecule has 0 spiro atoms. The first kappa shape index (κ1) is 19.6. The van der Waals surface area contributed by atoms with Crippen LogP contribution in [0.4, 0.5) is 0 Å². The Hall–Kier alpha value is -1.13. The standard InChI is InChI=1S/C22H34O4/c1-14(8-7-11-20(3,4)24)16-9-12-21(5)17(16)10-13-22(6)19(26-22)18(21)25-15(2)23/h7-8,11,16-19,24H,9-10,12-13H2,1-6H3/b11-7+,14-8-/t16-,17-,18+,19-,21-,22+/m0/s1. The van der Waals surface area contributed by atoms with Gasteiger partial charge < -0.3 is 14.6 Å². The van der Waals surface area contributed by atoms with Crippen LogP contribution in [0, 0.1) is 17.3 Å². The first-order valence-electron chi connectivity index (χ1n) is 9.90. The highest BCUT2D eigenvalue weighted by Crippen LogP contribution is 2.62. The van der Waals surface area contributed by atoms with E-state index < -0.39 is 5.60 Å². The number of carbonyl (C=O) groups is 1. The Kier molecular flexibility index (Phi) is 4.90. The third kappa shape index (κ3) is 3.63. The summed E-state index contributed by atoms with van der Waals surface area (Å²) >= 11 is 0. The van der Waals surface area contributed by atoms with E-state index >= 15 is 0 Å². The monoisotopic (exact) mass is 362 g/mol. The molecule has 146 valence electrons. The predicted molar refractivity (Wildman–Crippen MR) is 102 cm³/mol. The van der Waals surface area contributed by atoms with Gasteiger partial charge in [0, 0.05) is 12.3 Å². The van der Waals surface area contributed by atoms with Crippen LogP contribution in [0.15, 0.2) is 23.8 Å². The second kappa shape index (κ2) is 6.49. The molecule has 0 aromatic heterocycles. The van der Waals surface area contributed by atoms with Gasteiger partial charge in [0.25, 0.3) is 0 Å². The smallest absolute Gasteiger partial charge is 0.303 e. The molecule has 2 aliphatic carbocycles. The summed E-state index contributed by atoms with van der Waals surface area (Å²) in [5.41, 5.74) is 0.389. The van der Waals surface area contributed by atoms with Crippen molar-refractivity contribution in [3.05, 3.63) is 23.8 Å². The van der Waals surface area contributed by atoms with Crippen LogP contribution < -0.4 is 0 Å². The third-order valence-electron chi connectivity index (χ3n) is 6.89. The minimum atomic E-state index is -0.795. The molecule has 1 heterocycles. The number of fused-ring (bicyclic) bond motifs is 2. The number of allylic oxidation sites excluding steroid dienone is 3. The molecule has 1 aliphatic heterocycles. The Morgan fingerprint density at radius 2 is 1.92 bits per heavy atom. The molecule has 26 heavy (non-hydrogen) atoms. The maximum Gasteiger partial charge on any atom is 0.303 e. The molecule has 0 radical (unpaired) electrons. The van der Waals surface area contributed by atoms with Crippen LogP contribution in [0.5, 0.6) is 0 Å². The molecule has 3 rings (SSSR count). The number of ether oxygens (including phenoxy) is 2. The maximum absolute atomic E-state index is 11.8. The van der Waals surface area contributed by atoms with Gasteiger partial charge in [-0.3, -0.25) is 4.79 Å². The van der Waals surface area contributed by atoms with Crippen molar-refractivity contribution in [1.82, 2.24) is 0 Å². The van der Waals surface area contributed by atoms with Crippen LogP contribution in [-0.4, -0.2) is 34.5 Å². The molecule has 0 aromatic carbocycles. The quantitative estimate of drug-likeness (QED) is 0.463. The van der Waals surface area contributed by atoms with Crippen molar-refractivity contribution >= 4 is 5.97 Å². The molecular formula is C22H34O4. The topological polar surface area (TPSA) is 59.1 Å². The van der Waals surface area contributed by atoms with Gasteiger partial charge in [0.05, 0.1) is 11.2 Å². The average molecular weight is 363 g/mol. The van der Waals surface area contributed by atoms with Crippen LogP contribution in [0.25, 0.3) is 0 Å². The molecule has 4 heteroatoms. The maximum atomic E-state index is 11.8. The van der Waals surface area contributed by atoms with Gasteiger partial charge in [-0.15, -0.1) is 0 Å². The second-order valence-corrected chi connectivity index (χ2v) is 9.60. The van der Waals surface area contributed by atoms with Gasteiger partial charge in [0.1, 0.15) is 12.2 Å². The number of esters is 1. The zero-order valence-corrected chi connectivity index (χ0v) is 17.0. The number of rotatable bonds is 4. The molecule has 2 saturated carbocycles. The van der Waals surface area contributed by atoms with Crippen molar-refractivity contribution in [3.8, 4) is 0 Å². The van der Waals surface area contributed by atoms with E-state index in [0.29, 0.717) is 11.8 Å². The summed E-state index contributed by atoms with van der Waals surface area (Å²) in [7, 11) is 0. The van der Waals surface area contributed by atoms with Crippen molar-refractivity contribution in [1.29, 1.82) is 0 Å². The lowest BCUT2D eigenvalue weighted by molar-refractivity contribution is -0.157. The SMILES string of the molecule is CC(=O)O[C@@H]1[C@@H]2O[C@]2(C)CC[C@H]2[C@H](/C(C)=C\C=C\C(C)(C)O)CC[C@]12C. The molecule has 1 saturated heterocycles. The number of epoxide rings is 1. The molecule has 0 unspecified atom stereocenters. The van der Waals surface area contributed by atoms with Crippen LogP contribution >= 0.6 is 0 Å². The molecule has 1 N–H and O–H groups in total. The highest BCUT2D eigenvalue weighted by molar-refractivity contribution is 5.66. The van der Waals surface area contributed by atoms with Crippen molar-refractivity contribution in [2.24, 2.45) is 17.3 Å². The first-order valence-corrected chi connectivity index (χ1v) is 9.90. The van der Waals surface area contributed by atoms with Crippen molar-refractivity contribution in [2.45, 2.75) is 90.6 Å². The molecular weight excluding hydrogens is 328 g/mol. The highest BCUT2D eigenvalue weighted by atomic mass is 16.6. The molecule has 6 atom stereocenters. The molecule has 0 amide bonds. The predicted octanol–water partition coefficient (Wildman–Crippen LogP) is 4.18. The van der Waals surface area contributed by atoms with Gasteiger partial charge in [-0.25, -0.2) is 0 Å². The first-order chi connectivity index (χ1) is 12.0. The molecule has 0 aromatic rings.